The number of rotatable bonds is 6. The summed E-state index contributed by atoms with van der Waals surface area (Å²) in [6.45, 7) is 2.64. The standard InChI is InChI=1S/C14H19FN5O7P/c1-5(2)11(22)18-14-17-10-8(12(23)19-14)16-4-20(10)13-7(15)9(27-28(24)25)6(3-21)26-13/h4-7,9,13,21,28H,3H2,1-2H3,(H,24,25)(H2,17,18,19,22,23)/t6?,7-,9-,13?/m1/s1. The molecule has 0 bridgehead atoms. The van der Waals surface area contributed by atoms with Gasteiger partial charge in [-0.25, -0.2) is 9.37 Å². The van der Waals surface area contributed by atoms with Crippen molar-refractivity contribution in [1.82, 2.24) is 19.5 Å². The molecule has 154 valence electrons. The van der Waals surface area contributed by atoms with Gasteiger partial charge in [0.2, 0.25) is 11.9 Å². The molecule has 5 atom stereocenters. The van der Waals surface area contributed by atoms with Gasteiger partial charge in [0, 0.05) is 5.92 Å². The fraction of sp³-hybridized carbons (Fsp3) is 0.571. The summed E-state index contributed by atoms with van der Waals surface area (Å²) in [5.74, 6) is -0.918. The Morgan fingerprint density at radius 3 is 2.89 bits per heavy atom. The molecule has 1 aliphatic heterocycles. The number of aromatic amines is 1. The van der Waals surface area contributed by atoms with Crippen LogP contribution in [-0.2, 0) is 18.6 Å². The third kappa shape index (κ3) is 3.84. The third-order valence-electron chi connectivity index (χ3n) is 4.16. The Kier molecular flexibility index (Phi) is 5.91. The lowest BCUT2D eigenvalue weighted by atomic mass is 10.1. The topological polar surface area (TPSA) is 169 Å². The number of nitrogens with one attached hydrogen (secondary N) is 2. The number of halogens is 1. The molecule has 14 heteroatoms. The van der Waals surface area contributed by atoms with E-state index in [1.54, 1.807) is 13.8 Å². The van der Waals surface area contributed by atoms with Crippen molar-refractivity contribution in [1.29, 1.82) is 0 Å². The number of alkyl halides is 1. The second-order valence-corrected chi connectivity index (χ2v) is 7.19. The van der Waals surface area contributed by atoms with Crippen LogP contribution in [-0.4, -0.2) is 60.4 Å². The van der Waals surface area contributed by atoms with Crippen LogP contribution in [0.5, 0.6) is 0 Å². The number of aliphatic hydroxyl groups excluding tert-OH is 1. The highest BCUT2D eigenvalue weighted by Gasteiger charge is 2.48. The molecule has 1 saturated heterocycles. The maximum Gasteiger partial charge on any atom is 0.317 e. The Bertz CT molecular complexity index is 963. The van der Waals surface area contributed by atoms with E-state index in [2.05, 4.69) is 24.8 Å². The quantitative estimate of drug-likeness (QED) is 0.460. The number of amides is 1. The van der Waals surface area contributed by atoms with Crippen molar-refractivity contribution in [2.75, 3.05) is 11.9 Å². The van der Waals surface area contributed by atoms with Crippen LogP contribution in [0.3, 0.4) is 0 Å². The lowest BCUT2D eigenvalue weighted by Gasteiger charge is -2.16. The van der Waals surface area contributed by atoms with Crippen LogP contribution in [0, 0.1) is 5.92 Å². The minimum Gasteiger partial charge on any atom is -0.394 e. The molecule has 28 heavy (non-hydrogen) atoms. The van der Waals surface area contributed by atoms with E-state index in [1.165, 1.54) is 0 Å². The van der Waals surface area contributed by atoms with E-state index in [1.807, 2.05) is 0 Å². The summed E-state index contributed by atoms with van der Waals surface area (Å²) in [7, 11) is -3.48. The van der Waals surface area contributed by atoms with Gasteiger partial charge in [-0.1, -0.05) is 13.8 Å². The number of hydrogen-bond donors (Lipinski definition) is 4. The van der Waals surface area contributed by atoms with Crippen molar-refractivity contribution >= 4 is 31.3 Å². The fourth-order valence-electron chi connectivity index (χ4n) is 2.75. The molecule has 2 aromatic heterocycles. The maximum absolute atomic E-state index is 14.8. The molecule has 1 fully saturated rings. The second-order valence-electron chi connectivity index (χ2n) is 6.42. The first-order valence-corrected chi connectivity index (χ1v) is 9.57. The summed E-state index contributed by atoms with van der Waals surface area (Å²) in [5.41, 5.74) is -0.869. The number of aromatic nitrogens is 4. The number of carbonyl (C=O) groups excluding carboxylic acids is 1. The first-order valence-electron chi connectivity index (χ1n) is 8.30. The van der Waals surface area contributed by atoms with E-state index in [9.17, 15) is 23.7 Å². The smallest absolute Gasteiger partial charge is 0.317 e. The van der Waals surface area contributed by atoms with Gasteiger partial charge in [-0.2, -0.15) is 4.98 Å². The second kappa shape index (κ2) is 8.05. The number of aliphatic hydroxyl groups is 1. The molecule has 0 radical (unpaired) electrons. The van der Waals surface area contributed by atoms with Crippen LogP contribution in [0.2, 0.25) is 0 Å². The lowest BCUT2D eigenvalue weighted by Crippen LogP contribution is -2.32. The Morgan fingerprint density at radius 2 is 2.29 bits per heavy atom. The number of anilines is 1. The van der Waals surface area contributed by atoms with E-state index in [0.29, 0.717) is 0 Å². The van der Waals surface area contributed by atoms with E-state index in [4.69, 9.17) is 9.63 Å². The Balaban J connectivity index is 1.99. The summed E-state index contributed by atoms with van der Waals surface area (Å²) >= 11 is 0. The SMILES string of the molecule is CC(C)C(=O)Nc1nc2c(ncn2C2OC(CO)[C@@H](O[PH](=O)O)[C@H]2F)c(=O)[nH]1. The van der Waals surface area contributed by atoms with Crippen LogP contribution in [0.15, 0.2) is 11.1 Å². The van der Waals surface area contributed by atoms with Crippen LogP contribution >= 0.6 is 8.25 Å². The molecule has 1 amide bonds. The predicted octanol–water partition coefficient (Wildman–Crippen LogP) is -0.291. The molecular weight excluding hydrogens is 400 g/mol. The molecule has 3 unspecified atom stereocenters. The fourth-order valence-corrected chi connectivity index (χ4v) is 3.27. The average molecular weight is 419 g/mol. The van der Waals surface area contributed by atoms with Crippen LogP contribution in [0.4, 0.5) is 10.3 Å². The zero-order chi connectivity index (χ0) is 20.6. The van der Waals surface area contributed by atoms with Gasteiger partial charge in [0.1, 0.15) is 12.2 Å². The van der Waals surface area contributed by atoms with Gasteiger partial charge < -0.3 is 19.3 Å². The van der Waals surface area contributed by atoms with Crippen molar-refractivity contribution in [3.63, 3.8) is 0 Å². The molecule has 12 nitrogen and oxygen atoms in total. The van der Waals surface area contributed by atoms with Crippen LogP contribution in [0.1, 0.15) is 20.1 Å². The molecule has 3 heterocycles. The normalized spacial score (nSPS) is 26.1. The zero-order valence-electron chi connectivity index (χ0n) is 14.8. The van der Waals surface area contributed by atoms with Crippen molar-refractivity contribution in [3.8, 4) is 0 Å². The van der Waals surface area contributed by atoms with Crippen molar-refractivity contribution in [2.24, 2.45) is 5.92 Å². The van der Waals surface area contributed by atoms with Crippen molar-refractivity contribution in [2.45, 2.75) is 38.5 Å². The zero-order valence-corrected chi connectivity index (χ0v) is 15.8. The van der Waals surface area contributed by atoms with Crippen LogP contribution < -0.4 is 10.9 Å². The molecule has 0 spiro atoms. The number of fused-ring (bicyclic) bond motifs is 1. The summed E-state index contributed by atoms with van der Waals surface area (Å²) in [5, 5.41) is 11.8. The van der Waals surface area contributed by atoms with E-state index < -0.39 is 50.9 Å². The minimum absolute atomic E-state index is 0.0792. The van der Waals surface area contributed by atoms with Gasteiger partial charge in [0.15, 0.2) is 23.6 Å². The number of H-pyrrole nitrogens is 1. The third-order valence-corrected chi connectivity index (χ3v) is 4.63. The highest BCUT2D eigenvalue weighted by Crippen LogP contribution is 2.38. The summed E-state index contributed by atoms with van der Waals surface area (Å²) < 4.78 is 36.9. The highest BCUT2D eigenvalue weighted by atomic mass is 31.1. The highest BCUT2D eigenvalue weighted by molar-refractivity contribution is 7.32. The molecule has 3 rings (SSSR count). The first kappa shape index (κ1) is 20.6. The van der Waals surface area contributed by atoms with E-state index in [0.717, 1.165) is 10.9 Å². The summed E-state index contributed by atoms with van der Waals surface area (Å²) in [6, 6.07) is 0. The number of nitrogens with zero attached hydrogens (tertiary/aromatic N) is 3. The lowest BCUT2D eigenvalue weighted by molar-refractivity contribution is -0.118. The Labute approximate surface area is 157 Å². The van der Waals surface area contributed by atoms with E-state index in [-0.39, 0.29) is 23.0 Å². The van der Waals surface area contributed by atoms with Gasteiger partial charge in [0.25, 0.3) is 5.56 Å². The Hall–Kier alpha value is -2.18. The molecule has 4 N–H and O–H groups in total. The van der Waals surface area contributed by atoms with Crippen molar-refractivity contribution in [3.05, 3.63) is 16.7 Å². The molecule has 2 aromatic rings. The van der Waals surface area contributed by atoms with Gasteiger partial charge in [-0.05, 0) is 0 Å². The minimum atomic E-state index is -3.48. The van der Waals surface area contributed by atoms with Crippen molar-refractivity contribution < 1.29 is 33.0 Å². The number of carbonyl (C=O) groups is 1. The van der Waals surface area contributed by atoms with Crippen LogP contribution in [0.25, 0.3) is 11.2 Å². The Morgan fingerprint density at radius 1 is 1.57 bits per heavy atom. The molecular formula is C14H19FN5O7P. The maximum atomic E-state index is 14.8. The molecule has 0 aliphatic carbocycles. The molecule has 1 aliphatic rings. The number of imidazole rings is 1. The monoisotopic (exact) mass is 419 g/mol. The first-order chi connectivity index (χ1) is 13.2. The number of hydrogen-bond acceptors (Lipinski definition) is 8. The summed E-state index contributed by atoms with van der Waals surface area (Å²) in [4.78, 5) is 43.3. The van der Waals surface area contributed by atoms with Gasteiger partial charge in [-0.3, -0.25) is 29.0 Å². The van der Waals surface area contributed by atoms with E-state index >= 15 is 0 Å². The van der Waals surface area contributed by atoms with Gasteiger partial charge >= 0.3 is 8.25 Å². The number of ether oxygens (including phenoxy) is 1. The summed E-state index contributed by atoms with van der Waals surface area (Å²) in [6.07, 6.45) is -4.97. The average Bonchev–Trinajstić information content (AvgIpc) is 3.16. The molecule has 0 saturated carbocycles. The van der Waals surface area contributed by atoms with Gasteiger partial charge in [0.05, 0.1) is 12.9 Å². The molecule has 0 aromatic carbocycles. The predicted molar refractivity (Wildman–Crippen MR) is 93.6 cm³/mol. The largest absolute Gasteiger partial charge is 0.394 e. The van der Waals surface area contributed by atoms with Gasteiger partial charge in [-0.15, -0.1) is 0 Å².